The van der Waals surface area contributed by atoms with Crippen LogP contribution in [0.2, 0.25) is 0 Å². The Balaban J connectivity index is 2.30. The summed E-state index contributed by atoms with van der Waals surface area (Å²) in [4.78, 5) is 11.4. The fourth-order valence-electron chi connectivity index (χ4n) is 1.38. The fraction of sp³-hybridized carbons (Fsp3) is 0.182. The first-order valence-corrected chi connectivity index (χ1v) is 5.16. The molecule has 6 heteroatoms. The van der Waals surface area contributed by atoms with Crippen molar-refractivity contribution in [2.24, 2.45) is 0 Å². The normalized spacial score (nSPS) is 10.2. The van der Waals surface area contributed by atoms with Crippen LogP contribution >= 0.6 is 0 Å². The molecule has 1 aromatic heterocycles. The molecule has 0 saturated carbocycles. The molecule has 17 heavy (non-hydrogen) atoms. The molecule has 0 aliphatic carbocycles. The lowest BCUT2D eigenvalue weighted by atomic mass is 10.3. The van der Waals surface area contributed by atoms with Crippen LogP contribution < -0.4 is 5.73 Å². The molecule has 0 fully saturated rings. The van der Waals surface area contributed by atoms with Crippen LogP contribution in [0.5, 0.6) is 0 Å². The third-order valence-corrected chi connectivity index (χ3v) is 2.16. The van der Waals surface area contributed by atoms with Gasteiger partial charge in [-0.1, -0.05) is 17.3 Å². The minimum atomic E-state index is -0.492. The number of nitrogen functional groups attached to an aromatic ring is 1. The number of nitrogens with two attached hydrogens (primary N) is 1. The SMILES string of the molecule is CCOC(=O)c1cn(-c2ccccc2N)nn1. The van der Waals surface area contributed by atoms with Crippen LogP contribution in [-0.4, -0.2) is 27.6 Å². The van der Waals surface area contributed by atoms with E-state index in [0.717, 1.165) is 0 Å². The zero-order valence-corrected chi connectivity index (χ0v) is 9.33. The van der Waals surface area contributed by atoms with Gasteiger partial charge < -0.3 is 10.5 Å². The van der Waals surface area contributed by atoms with E-state index in [1.54, 1.807) is 19.1 Å². The molecular formula is C11H12N4O2. The summed E-state index contributed by atoms with van der Waals surface area (Å²) in [5.41, 5.74) is 7.19. The number of para-hydroxylation sites is 2. The lowest BCUT2D eigenvalue weighted by Crippen LogP contribution is -2.04. The van der Waals surface area contributed by atoms with Crippen LogP contribution in [0.25, 0.3) is 5.69 Å². The Kier molecular flexibility index (Phi) is 3.04. The Morgan fingerprint density at radius 3 is 2.94 bits per heavy atom. The van der Waals surface area contributed by atoms with Crippen molar-refractivity contribution in [2.45, 2.75) is 6.92 Å². The molecule has 0 aliphatic heterocycles. The lowest BCUT2D eigenvalue weighted by Gasteiger charge is -2.02. The summed E-state index contributed by atoms with van der Waals surface area (Å²) >= 11 is 0. The summed E-state index contributed by atoms with van der Waals surface area (Å²) in [5, 5.41) is 7.57. The Morgan fingerprint density at radius 1 is 1.47 bits per heavy atom. The summed E-state index contributed by atoms with van der Waals surface area (Å²) in [7, 11) is 0. The molecule has 0 saturated heterocycles. The van der Waals surface area contributed by atoms with Crippen molar-refractivity contribution in [1.82, 2.24) is 15.0 Å². The van der Waals surface area contributed by atoms with Crippen molar-refractivity contribution in [2.75, 3.05) is 12.3 Å². The average molecular weight is 232 g/mol. The quantitative estimate of drug-likeness (QED) is 0.631. The topological polar surface area (TPSA) is 83.0 Å². The maximum Gasteiger partial charge on any atom is 0.360 e. The molecule has 88 valence electrons. The number of aromatic nitrogens is 3. The van der Waals surface area contributed by atoms with Gasteiger partial charge >= 0.3 is 5.97 Å². The van der Waals surface area contributed by atoms with Crippen molar-refractivity contribution >= 4 is 11.7 Å². The van der Waals surface area contributed by atoms with Gasteiger partial charge in [-0.15, -0.1) is 5.10 Å². The molecule has 2 N–H and O–H groups in total. The van der Waals surface area contributed by atoms with Gasteiger partial charge in [-0.05, 0) is 19.1 Å². The van der Waals surface area contributed by atoms with Crippen LogP contribution in [-0.2, 0) is 4.74 Å². The molecule has 1 heterocycles. The van der Waals surface area contributed by atoms with Gasteiger partial charge in [-0.3, -0.25) is 0 Å². The first kappa shape index (κ1) is 11.1. The largest absolute Gasteiger partial charge is 0.461 e. The maximum absolute atomic E-state index is 11.4. The molecule has 0 amide bonds. The van der Waals surface area contributed by atoms with E-state index >= 15 is 0 Å². The third-order valence-electron chi connectivity index (χ3n) is 2.16. The predicted molar refractivity (Wildman–Crippen MR) is 61.7 cm³/mol. The van der Waals surface area contributed by atoms with E-state index < -0.39 is 5.97 Å². The highest BCUT2D eigenvalue weighted by molar-refractivity contribution is 5.86. The number of rotatable bonds is 3. The predicted octanol–water partition coefficient (Wildman–Crippen LogP) is 1.03. The Morgan fingerprint density at radius 2 is 2.24 bits per heavy atom. The molecule has 0 bridgehead atoms. The summed E-state index contributed by atoms with van der Waals surface area (Å²) in [6, 6.07) is 7.19. The Bertz CT molecular complexity index is 536. The van der Waals surface area contributed by atoms with Gasteiger partial charge in [-0.2, -0.15) is 0 Å². The zero-order valence-electron chi connectivity index (χ0n) is 9.33. The van der Waals surface area contributed by atoms with Crippen LogP contribution in [0, 0.1) is 0 Å². The van der Waals surface area contributed by atoms with Gasteiger partial charge in [0.15, 0.2) is 5.69 Å². The zero-order chi connectivity index (χ0) is 12.3. The number of benzene rings is 1. The third kappa shape index (κ3) is 2.25. The first-order chi connectivity index (χ1) is 8.22. The molecule has 2 aromatic rings. The van der Waals surface area contributed by atoms with E-state index in [2.05, 4.69) is 10.3 Å². The van der Waals surface area contributed by atoms with E-state index in [1.165, 1.54) is 10.9 Å². The lowest BCUT2D eigenvalue weighted by molar-refractivity contribution is 0.0519. The smallest absolute Gasteiger partial charge is 0.360 e. The van der Waals surface area contributed by atoms with Crippen molar-refractivity contribution in [1.29, 1.82) is 0 Å². The summed E-state index contributed by atoms with van der Waals surface area (Å²) < 4.78 is 6.27. The van der Waals surface area contributed by atoms with Gasteiger partial charge in [0, 0.05) is 0 Å². The fourth-order valence-corrected chi connectivity index (χ4v) is 1.38. The number of hydrogen-bond acceptors (Lipinski definition) is 5. The van der Waals surface area contributed by atoms with Crippen LogP contribution in [0.3, 0.4) is 0 Å². The van der Waals surface area contributed by atoms with Gasteiger partial charge in [0.25, 0.3) is 0 Å². The first-order valence-electron chi connectivity index (χ1n) is 5.16. The molecule has 0 unspecified atom stereocenters. The standard InChI is InChI=1S/C11H12N4O2/c1-2-17-11(16)9-7-15(14-13-9)10-6-4-3-5-8(10)12/h3-7H,2,12H2,1H3. The summed E-state index contributed by atoms with van der Waals surface area (Å²) in [6.45, 7) is 2.04. The van der Waals surface area contributed by atoms with E-state index in [9.17, 15) is 4.79 Å². The van der Waals surface area contributed by atoms with E-state index in [0.29, 0.717) is 18.0 Å². The monoisotopic (exact) mass is 232 g/mol. The highest BCUT2D eigenvalue weighted by Gasteiger charge is 2.12. The minimum absolute atomic E-state index is 0.162. The molecule has 0 radical (unpaired) electrons. The summed E-state index contributed by atoms with van der Waals surface area (Å²) in [6.07, 6.45) is 1.49. The number of nitrogens with zero attached hydrogens (tertiary/aromatic N) is 3. The van der Waals surface area contributed by atoms with Gasteiger partial charge in [0.05, 0.1) is 24.2 Å². The van der Waals surface area contributed by atoms with Crippen LogP contribution in [0.15, 0.2) is 30.5 Å². The molecule has 1 aromatic carbocycles. The van der Waals surface area contributed by atoms with Gasteiger partial charge in [0.1, 0.15) is 0 Å². The number of esters is 1. The van der Waals surface area contributed by atoms with Crippen molar-refractivity contribution in [3.8, 4) is 5.69 Å². The highest BCUT2D eigenvalue weighted by atomic mass is 16.5. The Hall–Kier alpha value is -2.37. The van der Waals surface area contributed by atoms with Crippen molar-refractivity contribution < 1.29 is 9.53 Å². The second-order valence-electron chi connectivity index (χ2n) is 3.33. The minimum Gasteiger partial charge on any atom is -0.461 e. The van der Waals surface area contributed by atoms with E-state index in [4.69, 9.17) is 10.5 Å². The number of ether oxygens (including phenoxy) is 1. The second-order valence-corrected chi connectivity index (χ2v) is 3.33. The van der Waals surface area contributed by atoms with Crippen LogP contribution in [0.4, 0.5) is 5.69 Å². The van der Waals surface area contributed by atoms with Gasteiger partial charge in [0.2, 0.25) is 0 Å². The molecule has 0 atom stereocenters. The number of hydrogen-bond donors (Lipinski definition) is 1. The van der Waals surface area contributed by atoms with Gasteiger partial charge in [-0.25, -0.2) is 9.48 Å². The summed E-state index contributed by atoms with van der Waals surface area (Å²) in [5.74, 6) is -0.492. The van der Waals surface area contributed by atoms with Crippen LogP contribution in [0.1, 0.15) is 17.4 Å². The highest BCUT2D eigenvalue weighted by Crippen LogP contribution is 2.15. The van der Waals surface area contributed by atoms with E-state index in [1.807, 2.05) is 12.1 Å². The molecule has 2 rings (SSSR count). The van der Waals surface area contributed by atoms with E-state index in [-0.39, 0.29) is 5.69 Å². The van der Waals surface area contributed by atoms with Crippen molar-refractivity contribution in [3.05, 3.63) is 36.2 Å². The molecule has 0 spiro atoms. The molecular weight excluding hydrogens is 220 g/mol. The average Bonchev–Trinajstić information content (AvgIpc) is 2.79. The molecule has 0 aliphatic rings. The number of carbonyl (C=O) groups is 1. The number of anilines is 1. The number of carbonyl (C=O) groups excluding carboxylic acids is 1. The molecule has 6 nitrogen and oxygen atoms in total. The second kappa shape index (κ2) is 4.65. The van der Waals surface area contributed by atoms with Crippen molar-refractivity contribution in [3.63, 3.8) is 0 Å². The maximum atomic E-state index is 11.4. The Labute approximate surface area is 98.0 Å².